The number of aliphatic hydroxyl groups is 24. The molecule has 0 aliphatic heterocycles. The Balaban J connectivity index is -0.0000000702. The van der Waals surface area contributed by atoms with Gasteiger partial charge in [0.1, 0.15) is 61.0 Å². The second-order valence-corrected chi connectivity index (χ2v) is 12.4. The Labute approximate surface area is 371 Å². The van der Waals surface area contributed by atoms with E-state index < -0.39 is 127 Å². The van der Waals surface area contributed by atoms with Gasteiger partial charge in [0, 0.05) is 25.7 Å². The first-order valence-electron chi connectivity index (χ1n) is 17.4. The van der Waals surface area contributed by atoms with Crippen LogP contribution in [-0.2, 0) is 0 Å². The number of aliphatic hydroxyl groups excluding tert-OH is 24. The summed E-state index contributed by atoms with van der Waals surface area (Å²) in [4.78, 5) is 0. The van der Waals surface area contributed by atoms with Gasteiger partial charge in [0.25, 0.3) is 0 Å². The molecule has 0 rings (SSSR count). The Morgan fingerprint density at radius 1 is 0.250 bits per heavy atom. The summed E-state index contributed by atoms with van der Waals surface area (Å²) >= 11 is 17.0. The van der Waals surface area contributed by atoms with Crippen molar-refractivity contribution in [2.45, 2.75) is 114 Å². The van der Waals surface area contributed by atoms with Crippen molar-refractivity contribution < 1.29 is 123 Å². The lowest BCUT2D eigenvalue weighted by atomic mass is 10.2. The standard InChI is InChI=1S/5C4H10O4.4C3H6OS/c5*5-1-3(7)4(8)2-6;4*1-2-3(4)5/h5*3-8H,1-2H2;4*2H2,1H3,(H,4,5). The van der Waals surface area contributed by atoms with Crippen molar-refractivity contribution in [1.29, 1.82) is 0 Å². The molecule has 0 aromatic heterocycles. The molecule has 0 radical (unpaired) electrons. The van der Waals surface area contributed by atoms with Crippen molar-refractivity contribution in [2.75, 3.05) is 66.1 Å². The minimum Gasteiger partial charge on any atom is -0.502 e. The predicted molar refractivity (Wildman–Crippen MR) is 233 cm³/mol. The molecule has 0 spiro atoms. The first-order chi connectivity index (χ1) is 27.7. The summed E-state index contributed by atoms with van der Waals surface area (Å²) in [5, 5.41) is 199. The molecule has 0 aromatic carbocycles. The van der Waals surface area contributed by atoms with Gasteiger partial charge in [0.15, 0.2) is 20.2 Å². The van der Waals surface area contributed by atoms with Gasteiger partial charge in [-0.25, -0.2) is 0 Å². The molecule has 0 aromatic rings. The van der Waals surface area contributed by atoms with Crippen molar-refractivity contribution in [3.63, 3.8) is 0 Å². The van der Waals surface area contributed by atoms with Crippen LogP contribution < -0.4 is 0 Å². The molecule has 0 fully saturated rings. The molecule has 10 atom stereocenters. The summed E-state index contributed by atoms with van der Waals surface area (Å²) in [6.45, 7) is 1.97. The molecule has 24 N–H and O–H groups in total. The maximum atomic E-state index is 8.47. The van der Waals surface area contributed by atoms with E-state index in [1.165, 1.54) is 0 Å². The third-order valence-electron chi connectivity index (χ3n) is 5.30. The maximum absolute atomic E-state index is 8.47. The molecular formula is C32H74O24S4. The Hall–Kier alpha value is -1.24. The fourth-order valence-corrected chi connectivity index (χ4v) is 1.22. The minimum absolute atomic E-state index is 0.0880. The van der Waals surface area contributed by atoms with Gasteiger partial charge >= 0.3 is 0 Å². The fraction of sp³-hybridized carbons (Fsp3) is 0.875. The third-order valence-corrected chi connectivity index (χ3v) is 6.46. The number of hydrogen-bond donors (Lipinski definition) is 24. The predicted octanol–water partition coefficient (Wildman–Crippen LogP) is -6.41. The van der Waals surface area contributed by atoms with Crippen LogP contribution in [0.5, 0.6) is 0 Å². The second-order valence-electron chi connectivity index (χ2n) is 10.5. The van der Waals surface area contributed by atoms with Crippen LogP contribution in [0.25, 0.3) is 0 Å². The monoisotopic (exact) mass is 970 g/mol. The van der Waals surface area contributed by atoms with Crippen LogP contribution in [0.3, 0.4) is 0 Å². The third kappa shape index (κ3) is 80.7. The highest BCUT2D eigenvalue weighted by Gasteiger charge is 2.14. The highest BCUT2D eigenvalue weighted by Crippen LogP contribution is 1.91. The van der Waals surface area contributed by atoms with E-state index in [2.05, 4.69) is 48.9 Å². The van der Waals surface area contributed by atoms with Gasteiger partial charge in [-0.2, -0.15) is 0 Å². The van der Waals surface area contributed by atoms with Crippen LogP contribution in [0.1, 0.15) is 53.4 Å². The smallest absolute Gasteiger partial charge is 0.156 e. The molecule has 0 aliphatic carbocycles. The lowest BCUT2D eigenvalue weighted by Gasteiger charge is -2.10. The molecule has 0 saturated heterocycles. The summed E-state index contributed by atoms with van der Waals surface area (Å²) in [7, 11) is 0. The van der Waals surface area contributed by atoms with Crippen LogP contribution in [0.2, 0.25) is 0 Å². The average molecular weight is 971 g/mol. The van der Waals surface area contributed by atoms with E-state index in [-0.39, 0.29) is 20.2 Å². The van der Waals surface area contributed by atoms with Crippen molar-refractivity contribution in [1.82, 2.24) is 0 Å². The fourth-order valence-electron chi connectivity index (χ4n) is 1.22. The summed E-state index contributed by atoms with van der Waals surface area (Å²) in [5.41, 5.74) is 0. The largest absolute Gasteiger partial charge is 0.502 e. The van der Waals surface area contributed by atoms with Gasteiger partial charge < -0.3 is 123 Å². The molecule has 370 valence electrons. The molecule has 0 saturated carbocycles. The molecule has 0 aliphatic rings. The Morgan fingerprint density at radius 2 is 0.300 bits per heavy atom. The van der Waals surface area contributed by atoms with Crippen LogP contribution in [0, 0.1) is 0 Å². The molecule has 0 bridgehead atoms. The van der Waals surface area contributed by atoms with E-state index in [9.17, 15) is 0 Å². The van der Waals surface area contributed by atoms with Crippen LogP contribution in [0.15, 0.2) is 0 Å². The van der Waals surface area contributed by atoms with E-state index in [0.717, 1.165) is 0 Å². The number of hydrogen-bond acceptors (Lipinski definition) is 24. The zero-order valence-corrected chi connectivity index (χ0v) is 37.3. The first-order valence-corrected chi connectivity index (χ1v) is 19.1. The maximum Gasteiger partial charge on any atom is 0.156 e. The highest BCUT2D eigenvalue weighted by molar-refractivity contribution is 7.80. The van der Waals surface area contributed by atoms with Gasteiger partial charge in [0.05, 0.1) is 66.1 Å². The van der Waals surface area contributed by atoms with Gasteiger partial charge in [-0.05, 0) is 48.9 Å². The van der Waals surface area contributed by atoms with Crippen LogP contribution in [0.4, 0.5) is 0 Å². The Kier molecular flexibility index (Phi) is 81.9. The van der Waals surface area contributed by atoms with E-state index in [0.29, 0.717) is 25.7 Å². The number of rotatable bonds is 19. The van der Waals surface area contributed by atoms with Crippen molar-refractivity contribution in [2.24, 2.45) is 0 Å². The summed E-state index contributed by atoms with van der Waals surface area (Å²) in [5.74, 6) is 0. The van der Waals surface area contributed by atoms with E-state index in [1.54, 1.807) is 0 Å². The molecule has 60 heavy (non-hydrogen) atoms. The molecule has 0 heterocycles. The van der Waals surface area contributed by atoms with E-state index in [1.807, 2.05) is 27.7 Å². The minimum atomic E-state index is -1.22. The van der Waals surface area contributed by atoms with Crippen molar-refractivity contribution in [3.05, 3.63) is 0 Å². The van der Waals surface area contributed by atoms with E-state index >= 15 is 0 Å². The van der Waals surface area contributed by atoms with Crippen LogP contribution >= 0.6 is 48.9 Å². The van der Waals surface area contributed by atoms with Crippen molar-refractivity contribution in [3.8, 4) is 0 Å². The van der Waals surface area contributed by atoms with E-state index in [4.69, 9.17) is 123 Å². The molecule has 10 unspecified atom stereocenters. The number of thiocarbonyl (C=S) groups is 4. The summed E-state index contributed by atoms with van der Waals surface area (Å²) in [6, 6.07) is 0. The normalized spacial score (nSPS) is 14.5. The molecule has 24 nitrogen and oxygen atoms in total. The molecule has 28 heteroatoms. The lowest BCUT2D eigenvalue weighted by Crippen LogP contribution is -2.31. The lowest BCUT2D eigenvalue weighted by molar-refractivity contribution is -0.0388. The van der Waals surface area contributed by atoms with Gasteiger partial charge in [0.2, 0.25) is 0 Å². The zero-order valence-electron chi connectivity index (χ0n) is 34.0. The summed E-state index contributed by atoms with van der Waals surface area (Å²) in [6.07, 6.45) is -9.85. The van der Waals surface area contributed by atoms with Gasteiger partial charge in [-0.3, -0.25) is 0 Å². The Morgan fingerprint density at radius 3 is 0.317 bits per heavy atom. The topological polar surface area (TPSA) is 486 Å². The highest BCUT2D eigenvalue weighted by atomic mass is 32.1. The zero-order chi connectivity index (χ0) is 50.0. The van der Waals surface area contributed by atoms with Crippen molar-refractivity contribution >= 4 is 69.1 Å². The quantitative estimate of drug-likeness (QED) is 0.0535. The average Bonchev–Trinajstić information content (AvgIpc) is 3.27. The second kappa shape index (κ2) is 62.1. The molecular weight excluding hydrogens is 897 g/mol. The van der Waals surface area contributed by atoms with Gasteiger partial charge in [-0.1, -0.05) is 27.7 Å². The van der Waals surface area contributed by atoms with Crippen LogP contribution in [-0.4, -0.2) is 270 Å². The Bertz CT molecular complexity index is 699. The summed E-state index contributed by atoms with van der Waals surface area (Å²) < 4.78 is 0. The first kappa shape index (κ1) is 79.2. The molecule has 0 amide bonds. The van der Waals surface area contributed by atoms with Gasteiger partial charge in [-0.15, -0.1) is 0 Å². The SMILES string of the molecule is CCC(O)=S.CCC(O)=S.CCC(O)=S.CCC(O)=S.OCC(O)C(O)CO.OCC(O)C(O)CO.OCC(O)C(O)CO.OCC(O)C(O)CO.OCC(O)C(O)CO.